The lowest BCUT2D eigenvalue weighted by molar-refractivity contribution is -0.113. The molecular weight excluding hydrogens is 554 g/mol. The Morgan fingerprint density at radius 3 is 2.66 bits per heavy atom. The summed E-state index contributed by atoms with van der Waals surface area (Å²) in [6.07, 6.45) is 6.17. The van der Waals surface area contributed by atoms with Crippen LogP contribution in [0.3, 0.4) is 0 Å². The van der Waals surface area contributed by atoms with Gasteiger partial charge in [0.05, 0.1) is 29.8 Å². The monoisotopic (exact) mass is 585 g/mol. The van der Waals surface area contributed by atoms with Crippen LogP contribution in [0.2, 0.25) is 5.02 Å². The number of nitrogens with one attached hydrogen (secondary N) is 1. The molecule has 0 aliphatic heterocycles. The molecule has 1 amide bonds. The average Bonchev–Trinajstić information content (AvgIpc) is 2.98. The minimum Gasteiger partial charge on any atom is -0.497 e. The van der Waals surface area contributed by atoms with Crippen LogP contribution in [0.4, 0.5) is 5.69 Å². The number of thioether (sulfide) groups is 1. The molecule has 0 radical (unpaired) electrons. The van der Waals surface area contributed by atoms with Crippen molar-refractivity contribution in [3.8, 4) is 22.7 Å². The van der Waals surface area contributed by atoms with Crippen molar-refractivity contribution in [3.05, 3.63) is 98.8 Å². The first-order valence-electron chi connectivity index (χ1n) is 14.0. The van der Waals surface area contributed by atoms with E-state index in [2.05, 4.69) is 23.5 Å². The zero-order valence-corrected chi connectivity index (χ0v) is 24.8. The van der Waals surface area contributed by atoms with Gasteiger partial charge in [0.2, 0.25) is 5.91 Å². The topological polar surface area (TPSA) is 73.2 Å². The van der Waals surface area contributed by atoms with Crippen molar-refractivity contribution in [2.24, 2.45) is 0 Å². The summed E-state index contributed by atoms with van der Waals surface area (Å²) in [7, 11) is 1.61. The molecule has 1 fully saturated rings. The molecule has 0 bridgehead atoms. The van der Waals surface area contributed by atoms with Gasteiger partial charge in [-0.05, 0) is 61.6 Å². The smallest absolute Gasteiger partial charge is 0.263 e. The molecule has 1 saturated carbocycles. The van der Waals surface area contributed by atoms with Gasteiger partial charge in [0, 0.05) is 27.8 Å². The van der Waals surface area contributed by atoms with E-state index >= 15 is 0 Å². The van der Waals surface area contributed by atoms with E-state index in [1.54, 1.807) is 17.7 Å². The largest absolute Gasteiger partial charge is 0.497 e. The van der Waals surface area contributed by atoms with Crippen LogP contribution in [0, 0.1) is 6.92 Å². The molecule has 4 aromatic rings. The molecule has 2 aliphatic carbocycles. The summed E-state index contributed by atoms with van der Waals surface area (Å²) in [5.41, 5.74) is 5.65. The maximum Gasteiger partial charge on any atom is 0.263 e. The highest BCUT2D eigenvalue weighted by atomic mass is 35.5. The molecule has 0 unspecified atom stereocenters. The van der Waals surface area contributed by atoms with Gasteiger partial charge in [0.15, 0.2) is 5.16 Å². The highest BCUT2D eigenvalue weighted by Crippen LogP contribution is 2.49. The van der Waals surface area contributed by atoms with Crippen LogP contribution in [-0.4, -0.2) is 28.3 Å². The highest BCUT2D eigenvalue weighted by Gasteiger charge is 2.43. The molecule has 6 rings (SSSR count). The van der Waals surface area contributed by atoms with Crippen molar-refractivity contribution < 1.29 is 9.53 Å². The third-order valence-electron chi connectivity index (χ3n) is 8.38. The quantitative estimate of drug-likeness (QED) is 0.189. The SMILES string of the molecule is COc1cccc(-n2c(SCC(=O)Nc3cccc(Cl)c3C)nc3c(c2=O)C2(CCCCC2)Cc2ccccc2-3)c1. The normalized spacial score (nSPS) is 15.2. The summed E-state index contributed by atoms with van der Waals surface area (Å²) in [6, 6.07) is 21.2. The van der Waals surface area contributed by atoms with E-state index in [1.165, 1.54) is 23.7 Å². The number of halogens is 1. The minimum atomic E-state index is -0.239. The van der Waals surface area contributed by atoms with Crippen molar-refractivity contribution in [1.29, 1.82) is 0 Å². The van der Waals surface area contributed by atoms with Gasteiger partial charge in [-0.3, -0.25) is 14.2 Å². The maximum atomic E-state index is 14.7. The molecule has 1 aromatic heterocycles. The van der Waals surface area contributed by atoms with E-state index in [4.69, 9.17) is 21.3 Å². The fourth-order valence-corrected chi connectivity index (χ4v) is 7.30. The van der Waals surface area contributed by atoms with E-state index in [1.807, 2.05) is 49.4 Å². The van der Waals surface area contributed by atoms with Crippen molar-refractivity contribution >= 4 is 35.0 Å². The molecule has 2 aliphatic rings. The lowest BCUT2D eigenvalue weighted by atomic mass is 9.62. The van der Waals surface area contributed by atoms with Crippen LogP contribution in [-0.2, 0) is 16.6 Å². The Balaban J connectivity index is 1.47. The van der Waals surface area contributed by atoms with E-state index < -0.39 is 0 Å². The Kier molecular flexibility index (Phi) is 7.66. The number of hydrogen-bond acceptors (Lipinski definition) is 5. The van der Waals surface area contributed by atoms with Gasteiger partial charge >= 0.3 is 0 Å². The zero-order chi connectivity index (χ0) is 28.6. The summed E-state index contributed by atoms with van der Waals surface area (Å²) in [4.78, 5) is 33.0. The Bertz CT molecular complexity index is 1690. The third-order valence-corrected chi connectivity index (χ3v) is 9.73. The molecule has 0 atom stereocenters. The lowest BCUT2D eigenvalue weighted by Gasteiger charge is -2.42. The molecule has 210 valence electrons. The molecule has 0 saturated heterocycles. The summed E-state index contributed by atoms with van der Waals surface area (Å²) >= 11 is 7.51. The first-order valence-corrected chi connectivity index (χ1v) is 15.3. The van der Waals surface area contributed by atoms with Crippen molar-refractivity contribution in [1.82, 2.24) is 9.55 Å². The Labute approximate surface area is 249 Å². The number of methoxy groups -OCH3 is 1. The molecule has 1 heterocycles. The zero-order valence-electron chi connectivity index (χ0n) is 23.2. The third kappa shape index (κ3) is 5.17. The first kappa shape index (κ1) is 27.6. The van der Waals surface area contributed by atoms with Crippen LogP contribution >= 0.6 is 23.4 Å². The van der Waals surface area contributed by atoms with Gasteiger partial charge < -0.3 is 10.1 Å². The lowest BCUT2D eigenvalue weighted by Crippen LogP contribution is -2.43. The molecule has 6 nitrogen and oxygen atoms in total. The fraction of sp³-hybridized carbons (Fsp3) is 0.303. The maximum absolute atomic E-state index is 14.7. The van der Waals surface area contributed by atoms with Crippen molar-refractivity contribution in [3.63, 3.8) is 0 Å². The number of carbonyl (C=O) groups excluding carboxylic acids is 1. The van der Waals surface area contributed by atoms with Crippen LogP contribution < -0.4 is 15.6 Å². The number of rotatable bonds is 6. The minimum absolute atomic E-state index is 0.0618. The number of benzene rings is 3. The van der Waals surface area contributed by atoms with Gasteiger partial charge in [0.25, 0.3) is 5.56 Å². The van der Waals surface area contributed by atoms with Gasteiger partial charge in [-0.2, -0.15) is 0 Å². The van der Waals surface area contributed by atoms with E-state index in [0.29, 0.717) is 27.3 Å². The van der Waals surface area contributed by atoms with Crippen molar-refractivity contribution in [2.45, 2.75) is 56.0 Å². The fourth-order valence-electron chi connectivity index (χ4n) is 6.32. The number of amides is 1. The average molecular weight is 586 g/mol. The molecule has 3 aromatic carbocycles. The standard InChI is InChI=1S/C33H32ClN3O3S/c1-21-26(34)14-9-15-27(21)35-28(38)20-41-32-36-30-25-13-5-4-10-22(25)19-33(16-6-3-7-17-33)29(30)31(39)37(32)23-11-8-12-24(18-23)40-2/h4-5,8-15,18H,3,6-7,16-17,19-20H2,1-2H3,(H,35,38). The Morgan fingerprint density at radius 2 is 1.85 bits per heavy atom. The molecule has 8 heteroatoms. The predicted molar refractivity (Wildman–Crippen MR) is 166 cm³/mol. The van der Waals surface area contributed by atoms with E-state index in [-0.39, 0.29) is 22.6 Å². The summed E-state index contributed by atoms with van der Waals surface area (Å²) in [5.74, 6) is 0.525. The summed E-state index contributed by atoms with van der Waals surface area (Å²) in [6.45, 7) is 1.87. The van der Waals surface area contributed by atoms with E-state index in [0.717, 1.165) is 54.5 Å². The van der Waals surface area contributed by atoms with Gasteiger partial charge in [0.1, 0.15) is 5.75 Å². The molecule has 41 heavy (non-hydrogen) atoms. The van der Waals surface area contributed by atoms with Crippen LogP contribution in [0.1, 0.15) is 48.8 Å². The predicted octanol–water partition coefficient (Wildman–Crippen LogP) is 7.36. The Morgan fingerprint density at radius 1 is 1.07 bits per heavy atom. The van der Waals surface area contributed by atoms with Crippen LogP contribution in [0.25, 0.3) is 16.9 Å². The number of anilines is 1. The van der Waals surface area contributed by atoms with Crippen molar-refractivity contribution in [2.75, 3.05) is 18.2 Å². The Hall–Kier alpha value is -3.55. The first-order chi connectivity index (χ1) is 19.9. The number of aromatic nitrogens is 2. The number of nitrogens with zero attached hydrogens (tertiary/aromatic N) is 2. The van der Waals surface area contributed by atoms with Gasteiger partial charge in [-0.25, -0.2) is 4.98 Å². The highest BCUT2D eigenvalue weighted by molar-refractivity contribution is 7.99. The molecule has 1 spiro atoms. The summed E-state index contributed by atoms with van der Waals surface area (Å²) in [5, 5.41) is 4.02. The second-order valence-electron chi connectivity index (χ2n) is 10.9. The molecule has 1 N–H and O–H groups in total. The van der Waals surface area contributed by atoms with Gasteiger partial charge in [-0.15, -0.1) is 0 Å². The molecular formula is C33H32ClN3O3S. The van der Waals surface area contributed by atoms with Crippen LogP contribution in [0.5, 0.6) is 5.75 Å². The second kappa shape index (κ2) is 11.4. The second-order valence-corrected chi connectivity index (χ2v) is 12.2. The summed E-state index contributed by atoms with van der Waals surface area (Å²) < 4.78 is 7.17. The number of carbonyl (C=O) groups is 1. The van der Waals surface area contributed by atoms with E-state index in [9.17, 15) is 9.59 Å². The number of fused-ring (bicyclic) bond motifs is 4. The van der Waals surface area contributed by atoms with Gasteiger partial charge in [-0.1, -0.05) is 79.0 Å². The number of hydrogen-bond donors (Lipinski definition) is 1. The van der Waals surface area contributed by atoms with Crippen LogP contribution in [0.15, 0.2) is 76.7 Å². The number of ether oxygens (including phenoxy) is 1.